The normalized spacial score (nSPS) is 12.5. The maximum Gasteiger partial charge on any atom is 0.501 e. The van der Waals surface area contributed by atoms with E-state index < -0.39 is 20.2 Å². The maximum absolute atomic E-state index is 13.0. The van der Waals surface area contributed by atoms with E-state index in [1.165, 1.54) is 23.0 Å². The number of sulfone groups is 1. The average molecular weight is 588 g/mol. The molecule has 0 saturated heterocycles. The van der Waals surface area contributed by atoms with Crippen molar-refractivity contribution in [3.63, 3.8) is 0 Å². The van der Waals surface area contributed by atoms with Crippen LogP contribution in [-0.2, 0) is 9.84 Å². The van der Waals surface area contributed by atoms with E-state index in [1.54, 1.807) is 23.0 Å². The Bertz CT molecular complexity index is 1930. The van der Waals surface area contributed by atoms with Crippen molar-refractivity contribution < 1.29 is 21.6 Å². The van der Waals surface area contributed by atoms with Gasteiger partial charge in [-0.3, -0.25) is 5.10 Å². The molecule has 186 valence electrons. The first-order valence-corrected chi connectivity index (χ1v) is 12.9. The molecule has 0 saturated carbocycles. The Morgan fingerprint density at radius 2 is 1.70 bits per heavy atom. The van der Waals surface area contributed by atoms with Crippen LogP contribution in [0.3, 0.4) is 0 Å². The Hall–Kier alpha value is -4.04. The Labute approximate surface area is 214 Å². The fourth-order valence-corrected chi connectivity index (χ4v) is 5.84. The molecule has 37 heavy (non-hydrogen) atoms. The van der Waals surface area contributed by atoms with E-state index in [0.29, 0.717) is 16.9 Å². The van der Waals surface area contributed by atoms with Gasteiger partial charge in [-0.1, -0.05) is 11.3 Å². The first-order valence-electron chi connectivity index (χ1n) is 10.6. The van der Waals surface area contributed by atoms with Crippen LogP contribution in [0.1, 0.15) is 0 Å². The van der Waals surface area contributed by atoms with Gasteiger partial charge < -0.3 is 0 Å². The van der Waals surface area contributed by atoms with E-state index >= 15 is 0 Å². The summed E-state index contributed by atoms with van der Waals surface area (Å²) in [6.45, 7) is 0. The van der Waals surface area contributed by atoms with Gasteiger partial charge in [-0.05, 0) is 70.5 Å². The number of aromatic amines is 1. The summed E-state index contributed by atoms with van der Waals surface area (Å²) in [7, 11) is -5.51. The van der Waals surface area contributed by atoms with Gasteiger partial charge in [-0.25, -0.2) is 17.8 Å². The zero-order valence-corrected chi connectivity index (χ0v) is 20.8. The molecule has 14 heteroatoms. The van der Waals surface area contributed by atoms with Gasteiger partial charge in [0.2, 0.25) is 0 Å². The number of halogens is 4. The molecule has 0 aliphatic carbocycles. The number of hydrogen-bond acceptors (Lipinski definition) is 6. The monoisotopic (exact) mass is 587 g/mol. The molecular formula is C23H13BrF3N7O2S. The van der Waals surface area contributed by atoms with Crippen LogP contribution < -0.4 is 0 Å². The summed E-state index contributed by atoms with van der Waals surface area (Å²) in [6.07, 6.45) is 3.26. The van der Waals surface area contributed by atoms with E-state index in [1.807, 2.05) is 30.3 Å². The zero-order chi connectivity index (χ0) is 25.9. The summed E-state index contributed by atoms with van der Waals surface area (Å²) in [6, 6.07) is 16.4. The molecular weight excluding hydrogens is 575 g/mol. The van der Waals surface area contributed by atoms with Crippen LogP contribution in [0.2, 0.25) is 0 Å². The Balaban J connectivity index is 1.43. The van der Waals surface area contributed by atoms with Crippen LogP contribution >= 0.6 is 15.9 Å². The van der Waals surface area contributed by atoms with E-state index in [2.05, 4.69) is 41.5 Å². The molecule has 3 aromatic carbocycles. The van der Waals surface area contributed by atoms with Gasteiger partial charge in [-0.2, -0.15) is 23.4 Å². The third-order valence-corrected chi connectivity index (χ3v) is 8.27. The minimum absolute atomic E-state index is 0.226. The second kappa shape index (κ2) is 8.24. The van der Waals surface area contributed by atoms with E-state index in [0.717, 1.165) is 33.7 Å². The fraction of sp³-hybridized carbons (Fsp3) is 0.0435. The van der Waals surface area contributed by atoms with Crippen molar-refractivity contribution in [2.24, 2.45) is 0 Å². The SMILES string of the molecule is O=S(=O)(c1ccc(-n2nccc2-c2ccc3nnn(-c4ccc5cn[nH]c5c4)c3c2)cc1Br)C(F)(F)F. The second-order valence-electron chi connectivity index (χ2n) is 8.04. The Kier molecular flexibility index (Phi) is 5.21. The molecule has 0 unspecified atom stereocenters. The number of nitrogens with one attached hydrogen (secondary N) is 1. The van der Waals surface area contributed by atoms with Gasteiger partial charge in [-0.15, -0.1) is 5.10 Å². The van der Waals surface area contributed by atoms with Crippen LogP contribution in [0.15, 0.2) is 82.4 Å². The van der Waals surface area contributed by atoms with Crippen molar-refractivity contribution in [1.82, 2.24) is 35.0 Å². The highest BCUT2D eigenvalue weighted by Gasteiger charge is 2.47. The molecule has 0 aliphatic rings. The van der Waals surface area contributed by atoms with Crippen molar-refractivity contribution in [2.75, 3.05) is 0 Å². The molecule has 0 bridgehead atoms. The number of nitrogens with zero attached hydrogens (tertiary/aromatic N) is 6. The smallest absolute Gasteiger partial charge is 0.278 e. The fourth-order valence-electron chi connectivity index (χ4n) is 4.02. The van der Waals surface area contributed by atoms with Crippen LogP contribution in [0.4, 0.5) is 13.2 Å². The van der Waals surface area contributed by atoms with E-state index in [-0.39, 0.29) is 4.47 Å². The van der Waals surface area contributed by atoms with Crippen molar-refractivity contribution >= 4 is 47.7 Å². The molecule has 0 radical (unpaired) electrons. The van der Waals surface area contributed by atoms with Gasteiger partial charge in [0.05, 0.1) is 45.4 Å². The lowest BCUT2D eigenvalue weighted by atomic mass is 10.1. The molecule has 3 heterocycles. The average Bonchev–Trinajstić information content (AvgIpc) is 3.61. The van der Waals surface area contributed by atoms with Crippen LogP contribution in [0.25, 0.3) is 44.6 Å². The van der Waals surface area contributed by atoms with Gasteiger partial charge in [0.1, 0.15) is 5.52 Å². The molecule has 0 fully saturated rings. The highest BCUT2D eigenvalue weighted by Crippen LogP contribution is 2.36. The van der Waals surface area contributed by atoms with Crippen LogP contribution in [-0.4, -0.2) is 48.9 Å². The largest absolute Gasteiger partial charge is 0.501 e. The number of hydrogen-bond donors (Lipinski definition) is 1. The molecule has 0 atom stereocenters. The quantitative estimate of drug-likeness (QED) is 0.303. The van der Waals surface area contributed by atoms with Gasteiger partial charge in [0.25, 0.3) is 9.84 Å². The minimum atomic E-state index is -5.51. The summed E-state index contributed by atoms with van der Waals surface area (Å²) in [4.78, 5) is -0.872. The number of alkyl halides is 3. The molecule has 6 aromatic rings. The molecule has 3 aromatic heterocycles. The summed E-state index contributed by atoms with van der Waals surface area (Å²) in [5.74, 6) is 0. The Morgan fingerprint density at radius 3 is 2.49 bits per heavy atom. The summed E-state index contributed by atoms with van der Waals surface area (Å²) in [5, 5.41) is 20.7. The maximum atomic E-state index is 13.0. The summed E-state index contributed by atoms with van der Waals surface area (Å²) in [5.41, 5.74) is -0.698. The van der Waals surface area contributed by atoms with Crippen molar-refractivity contribution in [3.05, 3.63) is 77.5 Å². The van der Waals surface area contributed by atoms with Crippen LogP contribution in [0, 0.1) is 0 Å². The molecule has 6 rings (SSSR count). The number of benzene rings is 3. The molecule has 0 spiro atoms. The highest BCUT2D eigenvalue weighted by atomic mass is 79.9. The Morgan fingerprint density at radius 1 is 0.919 bits per heavy atom. The molecule has 0 amide bonds. The second-order valence-corrected chi connectivity index (χ2v) is 10.8. The topological polar surface area (TPSA) is 111 Å². The van der Waals surface area contributed by atoms with Crippen LogP contribution in [0.5, 0.6) is 0 Å². The third kappa shape index (κ3) is 3.79. The third-order valence-electron chi connectivity index (χ3n) is 5.81. The number of rotatable bonds is 4. The predicted octanol–water partition coefficient (Wildman–Crippen LogP) is 5.21. The number of aromatic nitrogens is 7. The number of fused-ring (bicyclic) bond motifs is 2. The lowest BCUT2D eigenvalue weighted by Crippen LogP contribution is -2.23. The number of H-pyrrole nitrogens is 1. The van der Waals surface area contributed by atoms with E-state index in [4.69, 9.17) is 0 Å². The minimum Gasteiger partial charge on any atom is -0.278 e. The predicted molar refractivity (Wildman–Crippen MR) is 132 cm³/mol. The lowest BCUT2D eigenvalue weighted by Gasteiger charge is -2.13. The van der Waals surface area contributed by atoms with Gasteiger partial charge >= 0.3 is 5.51 Å². The van der Waals surface area contributed by atoms with Gasteiger partial charge in [0.15, 0.2) is 0 Å². The summed E-state index contributed by atoms with van der Waals surface area (Å²) < 4.78 is 65.8. The molecule has 9 nitrogen and oxygen atoms in total. The van der Waals surface area contributed by atoms with Crippen molar-refractivity contribution in [2.45, 2.75) is 10.4 Å². The molecule has 0 aliphatic heterocycles. The van der Waals surface area contributed by atoms with Gasteiger partial charge in [0, 0.05) is 15.4 Å². The highest BCUT2D eigenvalue weighted by molar-refractivity contribution is 9.10. The first-order chi connectivity index (χ1) is 17.6. The summed E-state index contributed by atoms with van der Waals surface area (Å²) >= 11 is 2.97. The van der Waals surface area contributed by atoms with E-state index in [9.17, 15) is 21.6 Å². The van der Waals surface area contributed by atoms with Crippen molar-refractivity contribution in [1.29, 1.82) is 0 Å². The first kappa shape index (κ1) is 23.4. The molecule has 1 N–H and O–H groups in total. The lowest BCUT2D eigenvalue weighted by molar-refractivity contribution is -0.0436. The van der Waals surface area contributed by atoms with Crippen molar-refractivity contribution in [3.8, 4) is 22.6 Å². The standard InChI is InChI=1S/C23H13BrF3N7O2S/c24-17-10-15(4-6-22(17)37(35,36)23(25,26)27)33-20(7-8-29-33)13-2-5-18-21(9-13)34(32-31-18)16-3-1-14-12-28-30-19(14)11-16/h1-12H,(H,28,30). The zero-order valence-electron chi connectivity index (χ0n) is 18.3.